The van der Waals surface area contributed by atoms with Crippen molar-refractivity contribution in [3.05, 3.63) is 81.7 Å². The summed E-state index contributed by atoms with van der Waals surface area (Å²) in [6.07, 6.45) is 1.47. The Hall–Kier alpha value is -3.72. The number of aliphatic hydroxyl groups excluding tert-OH is 1. The number of likely N-dealkylation sites (tertiary alicyclic amines) is 1. The molecule has 0 radical (unpaired) electrons. The standard InChI is InChI=1S/C24H20BrNO7/c1-31-15-6-3-5-13(9-15)21(27)19-20(14-10-17(25)22(28)18(11-14)32-2)26(24(30)23(19)29)12-16-7-4-8-33-16/h3-11,20,27-28H,12H2,1-2H3/b21-19+. The molecule has 1 unspecified atom stereocenters. The number of halogens is 1. The summed E-state index contributed by atoms with van der Waals surface area (Å²) in [4.78, 5) is 27.5. The topological polar surface area (TPSA) is 109 Å². The van der Waals surface area contributed by atoms with E-state index in [0.29, 0.717) is 27.1 Å². The highest BCUT2D eigenvalue weighted by molar-refractivity contribution is 9.10. The van der Waals surface area contributed by atoms with Crippen LogP contribution in [0.5, 0.6) is 17.2 Å². The third-order valence-corrected chi connectivity index (χ3v) is 5.98. The lowest BCUT2D eigenvalue weighted by atomic mass is 9.95. The maximum Gasteiger partial charge on any atom is 0.296 e. The molecule has 1 aromatic heterocycles. The summed E-state index contributed by atoms with van der Waals surface area (Å²) < 4.78 is 16.2. The minimum atomic E-state index is -0.966. The molecule has 170 valence electrons. The summed E-state index contributed by atoms with van der Waals surface area (Å²) >= 11 is 3.28. The average Bonchev–Trinajstić information content (AvgIpc) is 3.42. The van der Waals surface area contributed by atoms with Crippen LogP contribution in [0.4, 0.5) is 0 Å². The number of nitrogens with zero attached hydrogens (tertiary/aromatic N) is 1. The van der Waals surface area contributed by atoms with E-state index in [1.807, 2.05) is 0 Å². The van der Waals surface area contributed by atoms with Gasteiger partial charge in [-0.05, 0) is 57.9 Å². The summed E-state index contributed by atoms with van der Waals surface area (Å²) in [5.74, 6) is -1.01. The number of Topliss-reactive ketones (excluding diaryl/α,β-unsaturated/α-hetero) is 1. The second-order valence-electron chi connectivity index (χ2n) is 7.29. The van der Waals surface area contributed by atoms with E-state index in [1.54, 1.807) is 42.5 Å². The zero-order valence-corrected chi connectivity index (χ0v) is 19.3. The Morgan fingerprint density at radius 3 is 2.58 bits per heavy atom. The highest BCUT2D eigenvalue weighted by Gasteiger charge is 2.46. The van der Waals surface area contributed by atoms with Crippen molar-refractivity contribution in [2.45, 2.75) is 12.6 Å². The van der Waals surface area contributed by atoms with E-state index < -0.39 is 17.7 Å². The van der Waals surface area contributed by atoms with E-state index in [9.17, 15) is 19.8 Å². The molecule has 1 saturated heterocycles. The lowest BCUT2D eigenvalue weighted by molar-refractivity contribution is -0.140. The van der Waals surface area contributed by atoms with Gasteiger partial charge >= 0.3 is 0 Å². The van der Waals surface area contributed by atoms with Gasteiger partial charge in [0.25, 0.3) is 11.7 Å². The number of phenolic OH excluding ortho intramolecular Hbond substituents is 1. The molecule has 3 aromatic rings. The van der Waals surface area contributed by atoms with Crippen molar-refractivity contribution in [3.8, 4) is 17.2 Å². The Morgan fingerprint density at radius 1 is 1.12 bits per heavy atom. The number of carbonyl (C=O) groups is 2. The fourth-order valence-corrected chi connectivity index (χ4v) is 4.25. The van der Waals surface area contributed by atoms with E-state index in [0.717, 1.165) is 0 Å². The molecule has 9 heteroatoms. The number of hydrogen-bond acceptors (Lipinski definition) is 7. The number of carbonyl (C=O) groups excluding carboxylic acids is 2. The first-order valence-electron chi connectivity index (χ1n) is 9.87. The Balaban J connectivity index is 1.93. The monoisotopic (exact) mass is 513 g/mol. The number of aromatic hydroxyl groups is 1. The predicted octanol–water partition coefficient (Wildman–Crippen LogP) is 4.39. The number of amides is 1. The fourth-order valence-electron chi connectivity index (χ4n) is 3.79. The van der Waals surface area contributed by atoms with Gasteiger partial charge in [0.1, 0.15) is 17.3 Å². The van der Waals surface area contributed by atoms with Crippen LogP contribution in [0.25, 0.3) is 5.76 Å². The number of ketones is 1. The minimum Gasteiger partial charge on any atom is -0.507 e. The first kappa shape index (κ1) is 22.5. The molecule has 0 bridgehead atoms. The van der Waals surface area contributed by atoms with Crippen molar-refractivity contribution in [2.75, 3.05) is 14.2 Å². The van der Waals surface area contributed by atoms with Crippen molar-refractivity contribution in [2.24, 2.45) is 0 Å². The van der Waals surface area contributed by atoms with Crippen LogP contribution in [0.3, 0.4) is 0 Å². The van der Waals surface area contributed by atoms with Crippen LogP contribution in [0, 0.1) is 0 Å². The van der Waals surface area contributed by atoms with Crippen LogP contribution in [0.15, 0.2) is 69.3 Å². The van der Waals surface area contributed by atoms with Crippen LogP contribution in [0.2, 0.25) is 0 Å². The Labute approximate surface area is 197 Å². The zero-order chi connectivity index (χ0) is 23.7. The molecule has 4 rings (SSSR count). The first-order valence-corrected chi connectivity index (χ1v) is 10.7. The molecule has 0 aliphatic carbocycles. The van der Waals surface area contributed by atoms with Gasteiger partial charge in [-0.25, -0.2) is 0 Å². The molecule has 2 aromatic carbocycles. The van der Waals surface area contributed by atoms with Gasteiger partial charge in [0.05, 0.1) is 43.1 Å². The maximum atomic E-state index is 13.1. The van der Waals surface area contributed by atoms with Crippen molar-refractivity contribution in [1.29, 1.82) is 0 Å². The van der Waals surface area contributed by atoms with E-state index in [1.165, 1.54) is 31.4 Å². The van der Waals surface area contributed by atoms with Crippen LogP contribution in [-0.2, 0) is 16.1 Å². The number of methoxy groups -OCH3 is 2. The van der Waals surface area contributed by atoms with E-state index in [2.05, 4.69) is 15.9 Å². The van der Waals surface area contributed by atoms with E-state index >= 15 is 0 Å². The van der Waals surface area contributed by atoms with Gasteiger partial charge in [-0.15, -0.1) is 0 Å². The number of benzene rings is 2. The van der Waals surface area contributed by atoms with Crippen LogP contribution < -0.4 is 9.47 Å². The summed E-state index contributed by atoms with van der Waals surface area (Å²) in [6, 6.07) is 12.0. The first-order chi connectivity index (χ1) is 15.8. The molecule has 33 heavy (non-hydrogen) atoms. The van der Waals surface area contributed by atoms with E-state index in [4.69, 9.17) is 13.9 Å². The van der Waals surface area contributed by atoms with Crippen molar-refractivity contribution in [3.63, 3.8) is 0 Å². The van der Waals surface area contributed by atoms with Gasteiger partial charge in [0.2, 0.25) is 0 Å². The molecule has 1 aliphatic heterocycles. The summed E-state index contributed by atoms with van der Waals surface area (Å²) in [6.45, 7) is -0.00204. The molecule has 1 fully saturated rings. The second kappa shape index (κ2) is 9.03. The molecule has 0 saturated carbocycles. The number of ether oxygens (including phenoxy) is 2. The number of furan rings is 1. The number of phenols is 1. The molecule has 2 heterocycles. The summed E-state index contributed by atoms with van der Waals surface area (Å²) in [7, 11) is 2.88. The van der Waals surface area contributed by atoms with Gasteiger partial charge in [0.15, 0.2) is 11.5 Å². The third-order valence-electron chi connectivity index (χ3n) is 5.38. The molecular formula is C24H20BrNO7. The Bertz CT molecular complexity index is 1250. The second-order valence-corrected chi connectivity index (χ2v) is 8.15. The lowest BCUT2D eigenvalue weighted by Gasteiger charge is -2.25. The average molecular weight is 514 g/mol. The highest BCUT2D eigenvalue weighted by Crippen LogP contribution is 2.45. The van der Waals surface area contributed by atoms with Gasteiger partial charge in [-0.2, -0.15) is 0 Å². The summed E-state index contributed by atoms with van der Waals surface area (Å²) in [5, 5.41) is 21.4. The lowest BCUT2D eigenvalue weighted by Crippen LogP contribution is -2.29. The van der Waals surface area contributed by atoms with E-state index in [-0.39, 0.29) is 29.4 Å². The molecule has 1 aliphatic rings. The van der Waals surface area contributed by atoms with Gasteiger partial charge in [-0.1, -0.05) is 12.1 Å². The number of hydrogen-bond donors (Lipinski definition) is 2. The minimum absolute atomic E-state index is 0.00204. The largest absolute Gasteiger partial charge is 0.507 e. The zero-order valence-electron chi connectivity index (χ0n) is 17.7. The molecule has 8 nitrogen and oxygen atoms in total. The number of aliphatic hydroxyl groups is 1. The smallest absolute Gasteiger partial charge is 0.296 e. The maximum absolute atomic E-state index is 13.1. The summed E-state index contributed by atoms with van der Waals surface area (Å²) in [5.41, 5.74) is 0.673. The van der Waals surface area contributed by atoms with Crippen molar-refractivity contribution >= 4 is 33.4 Å². The SMILES string of the molecule is COc1cccc(/C(O)=C2\C(=O)C(=O)N(Cc3ccco3)C2c2cc(Br)c(O)c(OC)c2)c1. The van der Waals surface area contributed by atoms with Gasteiger partial charge in [0, 0.05) is 5.56 Å². The Kier molecular flexibility index (Phi) is 6.15. The Morgan fingerprint density at radius 2 is 1.91 bits per heavy atom. The van der Waals surface area contributed by atoms with Gasteiger partial charge in [-0.3, -0.25) is 9.59 Å². The number of rotatable bonds is 6. The highest BCUT2D eigenvalue weighted by atomic mass is 79.9. The third kappa shape index (κ3) is 4.07. The van der Waals surface area contributed by atoms with Crippen molar-refractivity contribution in [1.82, 2.24) is 4.90 Å². The molecule has 1 amide bonds. The molecule has 1 atom stereocenters. The van der Waals surface area contributed by atoms with Crippen LogP contribution in [-0.4, -0.2) is 41.0 Å². The molecule has 0 spiro atoms. The quantitative estimate of drug-likeness (QED) is 0.285. The van der Waals surface area contributed by atoms with Crippen molar-refractivity contribution < 1.29 is 33.7 Å². The predicted molar refractivity (Wildman–Crippen MR) is 122 cm³/mol. The normalized spacial score (nSPS) is 17.4. The van der Waals surface area contributed by atoms with Gasteiger partial charge < -0.3 is 29.0 Å². The van der Waals surface area contributed by atoms with Crippen LogP contribution >= 0.6 is 15.9 Å². The molecular weight excluding hydrogens is 494 g/mol. The van der Waals surface area contributed by atoms with Crippen LogP contribution in [0.1, 0.15) is 22.9 Å². The fraction of sp³-hybridized carbons (Fsp3) is 0.167. The molecule has 2 N–H and O–H groups in total.